The Kier molecular flexibility index (Phi) is 3.45. The molecule has 2 heteroatoms. The van der Waals surface area contributed by atoms with Crippen LogP contribution in [0.25, 0.3) is 0 Å². The van der Waals surface area contributed by atoms with Gasteiger partial charge in [0.25, 0.3) is 0 Å². The predicted molar refractivity (Wildman–Crippen MR) is 82.1 cm³/mol. The molecule has 1 aromatic carbocycles. The van der Waals surface area contributed by atoms with Crippen molar-refractivity contribution < 1.29 is 4.79 Å². The number of benzene rings is 1. The smallest absolute Gasteiger partial charge is 0.166 e. The molecule has 20 heavy (non-hydrogen) atoms. The Morgan fingerprint density at radius 1 is 1.05 bits per heavy atom. The van der Waals surface area contributed by atoms with Gasteiger partial charge in [-0.1, -0.05) is 45.0 Å². The van der Waals surface area contributed by atoms with E-state index in [1.807, 2.05) is 12.1 Å². The first-order valence-corrected chi connectivity index (χ1v) is 7.84. The van der Waals surface area contributed by atoms with Crippen LogP contribution in [0.15, 0.2) is 24.3 Å². The second kappa shape index (κ2) is 5.00. The molecule has 0 amide bonds. The molecule has 1 N–H and O–H groups in total. The second-order valence-electron chi connectivity index (χ2n) is 7.50. The monoisotopic (exact) mass is 271 g/mol. The number of carbonyl (C=O) groups is 1. The summed E-state index contributed by atoms with van der Waals surface area (Å²) < 4.78 is 0. The highest BCUT2D eigenvalue weighted by molar-refractivity contribution is 5.98. The van der Waals surface area contributed by atoms with Gasteiger partial charge in [0.1, 0.15) is 0 Å². The minimum Gasteiger partial charge on any atom is -0.311 e. The molecular weight excluding hydrogens is 246 g/mol. The number of hydrogen-bond donors (Lipinski definition) is 1. The van der Waals surface area contributed by atoms with Gasteiger partial charge in [0.15, 0.2) is 5.78 Å². The Hall–Kier alpha value is -1.15. The van der Waals surface area contributed by atoms with Crippen LogP contribution >= 0.6 is 0 Å². The Bertz CT molecular complexity index is 485. The molecule has 2 saturated heterocycles. The summed E-state index contributed by atoms with van der Waals surface area (Å²) in [5.74, 6) is 0.582. The number of ketones is 1. The summed E-state index contributed by atoms with van der Waals surface area (Å²) in [7, 11) is 0. The van der Waals surface area contributed by atoms with Crippen LogP contribution in [0, 0.1) is 5.92 Å². The van der Waals surface area contributed by atoms with Crippen LogP contribution in [0.4, 0.5) is 0 Å². The number of nitrogens with one attached hydrogen (secondary N) is 1. The second-order valence-corrected chi connectivity index (χ2v) is 7.50. The average molecular weight is 271 g/mol. The van der Waals surface area contributed by atoms with E-state index in [2.05, 4.69) is 38.2 Å². The van der Waals surface area contributed by atoms with Gasteiger partial charge in [-0.15, -0.1) is 0 Å². The highest BCUT2D eigenvalue weighted by atomic mass is 16.1. The van der Waals surface area contributed by atoms with Crippen molar-refractivity contribution >= 4 is 5.78 Å². The lowest BCUT2D eigenvalue weighted by molar-refractivity contribution is 0.0875. The van der Waals surface area contributed by atoms with Crippen molar-refractivity contribution in [1.82, 2.24) is 5.32 Å². The van der Waals surface area contributed by atoms with Crippen molar-refractivity contribution in [2.24, 2.45) is 5.92 Å². The standard InChI is InChI=1S/C18H25NO/c1-18(2,3)14-6-4-12(5-7-14)17(20)13-10-15-8-9-16(11-13)19-15/h4-7,13,15-16,19H,8-11H2,1-3H3. The molecule has 0 spiro atoms. The minimum absolute atomic E-state index is 0.148. The van der Waals surface area contributed by atoms with Crippen molar-refractivity contribution in [2.45, 2.75) is 64.0 Å². The molecule has 2 aliphatic heterocycles. The number of carbonyl (C=O) groups excluding carboxylic acids is 1. The quantitative estimate of drug-likeness (QED) is 0.831. The van der Waals surface area contributed by atoms with Gasteiger partial charge in [-0.25, -0.2) is 0 Å². The van der Waals surface area contributed by atoms with Gasteiger partial charge >= 0.3 is 0 Å². The van der Waals surface area contributed by atoms with Crippen molar-refractivity contribution in [3.8, 4) is 0 Å². The zero-order valence-corrected chi connectivity index (χ0v) is 12.8. The topological polar surface area (TPSA) is 29.1 Å². The summed E-state index contributed by atoms with van der Waals surface area (Å²) in [4.78, 5) is 12.7. The van der Waals surface area contributed by atoms with E-state index in [0.29, 0.717) is 17.9 Å². The molecule has 1 aromatic rings. The Balaban J connectivity index is 1.74. The normalized spacial score (nSPS) is 29.4. The Morgan fingerprint density at radius 2 is 1.60 bits per heavy atom. The van der Waals surface area contributed by atoms with Gasteiger partial charge in [-0.05, 0) is 36.7 Å². The molecular formula is C18H25NO. The summed E-state index contributed by atoms with van der Waals surface area (Å²) in [6, 6.07) is 9.43. The van der Waals surface area contributed by atoms with E-state index >= 15 is 0 Å². The third-order valence-corrected chi connectivity index (χ3v) is 4.88. The largest absolute Gasteiger partial charge is 0.311 e. The minimum atomic E-state index is 0.148. The van der Waals surface area contributed by atoms with Crippen LogP contribution < -0.4 is 5.32 Å². The molecule has 0 saturated carbocycles. The van der Waals surface area contributed by atoms with Gasteiger partial charge in [-0.2, -0.15) is 0 Å². The first-order chi connectivity index (χ1) is 9.43. The van der Waals surface area contributed by atoms with E-state index in [-0.39, 0.29) is 11.3 Å². The molecule has 2 bridgehead atoms. The van der Waals surface area contributed by atoms with Gasteiger partial charge in [0.2, 0.25) is 0 Å². The average Bonchev–Trinajstić information content (AvgIpc) is 2.76. The molecule has 0 aliphatic carbocycles. The molecule has 108 valence electrons. The Morgan fingerprint density at radius 3 is 2.10 bits per heavy atom. The predicted octanol–water partition coefficient (Wildman–Crippen LogP) is 3.70. The third kappa shape index (κ3) is 2.67. The van der Waals surface area contributed by atoms with Gasteiger partial charge in [0.05, 0.1) is 0 Å². The van der Waals surface area contributed by atoms with Crippen molar-refractivity contribution in [1.29, 1.82) is 0 Å². The van der Waals surface area contributed by atoms with Crippen molar-refractivity contribution in [2.75, 3.05) is 0 Å². The summed E-state index contributed by atoms with van der Waals surface area (Å²) in [6.45, 7) is 6.61. The van der Waals surface area contributed by atoms with E-state index in [4.69, 9.17) is 0 Å². The first kappa shape index (κ1) is 13.8. The van der Waals surface area contributed by atoms with Crippen LogP contribution in [-0.4, -0.2) is 17.9 Å². The van der Waals surface area contributed by atoms with Crippen molar-refractivity contribution in [3.05, 3.63) is 35.4 Å². The fraction of sp³-hybridized carbons (Fsp3) is 0.611. The molecule has 0 aromatic heterocycles. The van der Waals surface area contributed by atoms with E-state index in [1.54, 1.807) is 0 Å². The fourth-order valence-corrected chi connectivity index (χ4v) is 3.64. The summed E-state index contributed by atoms with van der Waals surface area (Å²) >= 11 is 0. The van der Waals surface area contributed by atoms with Crippen LogP contribution in [0.2, 0.25) is 0 Å². The summed E-state index contributed by atoms with van der Waals surface area (Å²) in [5, 5.41) is 3.60. The SMILES string of the molecule is CC(C)(C)c1ccc(C(=O)C2CC3CCC(C2)N3)cc1. The number of rotatable bonds is 2. The first-order valence-electron chi connectivity index (χ1n) is 7.84. The Labute approximate surface area is 122 Å². The third-order valence-electron chi connectivity index (χ3n) is 4.88. The lowest BCUT2D eigenvalue weighted by Crippen LogP contribution is -2.40. The number of hydrogen-bond acceptors (Lipinski definition) is 2. The summed E-state index contributed by atoms with van der Waals surface area (Å²) in [5.41, 5.74) is 2.33. The molecule has 2 aliphatic rings. The molecule has 2 fully saturated rings. The highest BCUT2D eigenvalue weighted by Gasteiger charge is 2.36. The highest BCUT2D eigenvalue weighted by Crippen LogP contribution is 2.33. The molecule has 2 atom stereocenters. The number of piperidine rings is 1. The maximum Gasteiger partial charge on any atom is 0.166 e. The van der Waals surface area contributed by atoms with Gasteiger partial charge < -0.3 is 5.32 Å². The molecule has 2 heterocycles. The van der Waals surface area contributed by atoms with Gasteiger partial charge in [-0.3, -0.25) is 4.79 Å². The zero-order chi connectivity index (χ0) is 14.3. The maximum absolute atomic E-state index is 12.7. The number of fused-ring (bicyclic) bond motifs is 2. The molecule has 3 rings (SSSR count). The van der Waals surface area contributed by atoms with E-state index in [0.717, 1.165) is 18.4 Å². The molecule has 0 radical (unpaired) electrons. The summed E-state index contributed by atoms with van der Waals surface area (Å²) in [6.07, 6.45) is 4.54. The molecule has 2 nitrogen and oxygen atoms in total. The lowest BCUT2D eigenvalue weighted by Gasteiger charge is -2.28. The van der Waals surface area contributed by atoms with Crippen LogP contribution in [0.5, 0.6) is 0 Å². The van der Waals surface area contributed by atoms with Crippen LogP contribution in [0.1, 0.15) is 62.4 Å². The van der Waals surface area contributed by atoms with Crippen LogP contribution in [0.3, 0.4) is 0 Å². The van der Waals surface area contributed by atoms with E-state index in [1.165, 1.54) is 18.4 Å². The zero-order valence-electron chi connectivity index (χ0n) is 12.8. The number of Topliss-reactive ketones (excluding diaryl/α,β-unsaturated/α-hetero) is 1. The fourth-order valence-electron chi connectivity index (χ4n) is 3.64. The van der Waals surface area contributed by atoms with E-state index < -0.39 is 0 Å². The maximum atomic E-state index is 12.7. The van der Waals surface area contributed by atoms with Crippen molar-refractivity contribution in [3.63, 3.8) is 0 Å². The van der Waals surface area contributed by atoms with E-state index in [9.17, 15) is 4.79 Å². The van der Waals surface area contributed by atoms with Crippen LogP contribution in [-0.2, 0) is 5.41 Å². The lowest BCUT2D eigenvalue weighted by atomic mass is 9.83. The van der Waals surface area contributed by atoms with Gasteiger partial charge in [0, 0.05) is 23.6 Å². The molecule has 2 unspecified atom stereocenters.